The van der Waals surface area contributed by atoms with Gasteiger partial charge in [-0.05, 0) is 189 Å². The third-order valence-corrected chi connectivity index (χ3v) is 17.7. The Bertz CT molecular complexity index is 4730. The van der Waals surface area contributed by atoms with Gasteiger partial charge in [-0.2, -0.15) is 15.0 Å². The van der Waals surface area contributed by atoms with Gasteiger partial charge in [0.2, 0.25) is 17.8 Å². The Morgan fingerprint density at radius 2 is 0.662 bits per heavy atom. The molecular weight excluding hydrogens is 937 g/mol. The lowest BCUT2D eigenvalue weighted by Crippen LogP contribution is -2.32. The number of nitrogens with zero attached hydrogens (tertiary/aromatic N) is 6. The Kier molecular flexibility index (Phi) is 8.76. The van der Waals surface area contributed by atoms with Crippen LogP contribution in [0.3, 0.4) is 0 Å². The number of anilines is 3. The number of fused-ring (bicyclic) bond motifs is 18. The highest BCUT2D eigenvalue weighted by Crippen LogP contribution is 2.59. The zero-order chi connectivity index (χ0) is 52.0. The van der Waals surface area contributed by atoms with E-state index in [1.165, 1.54) is 115 Å². The first-order valence-electron chi connectivity index (χ1n) is 27.0. The minimum Gasteiger partial charge on any atom is -0.278 e. The van der Waals surface area contributed by atoms with E-state index in [9.17, 15) is 0 Å². The SMILES string of the molecule is Cc1ccc2c(c1)c1cc(C)ccc1n2-c1nc(N2c3cc4c(cc3C(C)(C)c3cc5ccccc5cc32)-c2cc3c5ccccc5c5ccccc5c3cc2C4(C)C)nc(-n2c3ccc(C)cc3c3cc(C)ccc32)n1. The summed E-state index contributed by atoms with van der Waals surface area (Å²) in [5.41, 5.74) is 18.0. The predicted octanol–water partition coefficient (Wildman–Crippen LogP) is 18.3. The molecule has 6 nitrogen and oxygen atoms in total. The van der Waals surface area contributed by atoms with Gasteiger partial charge in [-0.25, -0.2) is 0 Å². The Morgan fingerprint density at radius 1 is 0.299 bits per heavy atom. The fourth-order valence-electron chi connectivity index (χ4n) is 13.8. The first-order chi connectivity index (χ1) is 37.3. The first-order valence-corrected chi connectivity index (χ1v) is 27.0. The standard InChI is InChI=1S/C71H54N6/c1-39-21-25-61-53(29-39)54-30-40(2)22-26-62(54)75(61)67-72-68(76-63-27-23-41(3)31-55(63)56-32-42(4)24-28-64(56)76)74-69(73-67)77-65-34-44-16-10-9-15-43(44)33-59(65)71(7,8)60-37-52-51-35-49-47-19-13-11-17-45(47)46-18-12-14-20-48(46)50(49)36-57(51)70(5,6)58(52)38-66(60)77/h9-38H,1-8H3. The quantitative estimate of drug-likeness (QED) is 0.166. The van der Waals surface area contributed by atoms with E-state index in [0.717, 1.165) is 38.8 Å². The van der Waals surface area contributed by atoms with Crippen molar-refractivity contribution >= 4 is 104 Å². The molecule has 11 aromatic carbocycles. The van der Waals surface area contributed by atoms with Gasteiger partial charge in [-0.3, -0.25) is 14.0 Å². The number of hydrogen-bond donors (Lipinski definition) is 0. The van der Waals surface area contributed by atoms with E-state index >= 15 is 0 Å². The average molecular weight is 991 g/mol. The Morgan fingerprint density at radius 3 is 1.16 bits per heavy atom. The minimum atomic E-state index is -0.420. The number of aryl methyl sites for hydroxylation is 4. The van der Waals surface area contributed by atoms with Gasteiger partial charge in [0.25, 0.3) is 0 Å². The fourth-order valence-corrected chi connectivity index (χ4v) is 13.8. The minimum absolute atomic E-state index is 0.339. The van der Waals surface area contributed by atoms with E-state index in [4.69, 9.17) is 15.0 Å². The molecule has 1 aliphatic heterocycles. The lowest BCUT2D eigenvalue weighted by Gasteiger charge is -2.42. The van der Waals surface area contributed by atoms with Crippen molar-refractivity contribution in [3.8, 4) is 23.0 Å². The molecule has 0 amide bonds. The third-order valence-electron chi connectivity index (χ3n) is 17.7. The molecule has 0 saturated heterocycles. The van der Waals surface area contributed by atoms with Gasteiger partial charge < -0.3 is 0 Å². The van der Waals surface area contributed by atoms with Crippen LogP contribution in [-0.4, -0.2) is 24.1 Å². The topological polar surface area (TPSA) is 51.8 Å². The van der Waals surface area contributed by atoms with Crippen LogP contribution in [0, 0.1) is 27.7 Å². The highest BCUT2D eigenvalue weighted by molar-refractivity contribution is 6.26. The number of aromatic nitrogens is 5. The highest BCUT2D eigenvalue weighted by Gasteiger charge is 2.44. The van der Waals surface area contributed by atoms with Crippen LogP contribution in [0.15, 0.2) is 182 Å². The molecule has 368 valence electrons. The maximum Gasteiger partial charge on any atom is 0.241 e. The molecule has 77 heavy (non-hydrogen) atoms. The Labute approximate surface area is 446 Å². The predicted molar refractivity (Wildman–Crippen MR) is 322 cm³/mol. The fraction of sp³-hybridized carbons (Fsp3) is 0.141. The number of hydrogen-bond acceptors (Lipinski definition) is 4. The molecule has 0 bridgehead atoms. The van der Waals surface area contributed by atoms with Crippen LogP contribution in [0.4, 0.5) is 17.3 Å². The van der Waals surface area contributed by atoms with Crippen LogP contribution < -0.4 is 4.90 Å². The Hall–Kier alpha value is -9.13. The van der Waals surface area contributed by atoms with Gasteiger partial charge in [0.15, 0.2) is 0 Å². The maximum absolute atomic E-state index is 5.79. The molecule has 1 aliphatic carbocycles. The largest absolute Gasteiger partial charge is 0.278 e. The van der Waals surface area contributed by atoms with Crippen molar-refractivity contribution in [1.82, 2.24) is 24.1 Å². The molecule has 0 spiro atoms. The summed E-state index contributed by atoms with van der Waals surface area (Å²) in [4.78, 5) is 19.6. The summed E-state index contributed by atoms with van der Waals surface area (Å²) in [6.07, 6.45) is 0. The lowest BCUT2D eigenvalue weighted by molar-refractivity contribution is 0.627. The third kappa shape index (κ3) is 6.04. The summed E-state index contributed by atoms with van der Waals surface area (Å²) in [7, 11) is 0. The second-order valence-corrected chi connectivity index (χ2v) is 23.2. The summed E-state index contributed by atoms with van der Waals surface area (Å²) in [5.74, 6) is 1.67. The molecule has 0 atom stereocenters. The van der Waals surface area contributed by atoms with E-state index in [2.05, 4.69) is 251 Å². The van der Waals surface area contributed by atoms with Crippen molar-refractivity contribution < 1.29 is 0 Å². The van der Waals surface area contributed by atoms with Crippen molar-refractivity contribution in [3.63, 3.8) is 0 Å². The van der Waals surface area contributed by atoms with Crippen molar-refractivity contribution in [2.45, 2.75) is 66.2 Å². The summed E-state index contributed by atoms with van der Waals surface area (Å²) >= 11 is 0. The molecule has 2 aliphatic rings. The number of benzene rings is 11. The van der Waals surface area contributed by atoms with Crippen LogP contribution in [0.1, 0.15) is 72.2 Å². The molecule has 0 fully saturated rings. The van der Waals surface area contributed by atoms with Crippen LogP contribution in [0.5, 0.6) is 0 Å². The van der Waals surface area contributed by atoms with Crippen LogP contribution >= 0.6 is 0 Å². The van der Waals surface area contributed by atoms with Gasteiger partial charge in [0, 0.05) is 32.4 Å². The molecule has 16 rings (SSSR count). The molecule has 4 heterocycles. The van der Waals surface area contributed by atoms with Gasteiger partial charge >= 0.3 is 0 Å². The van der Waals surface area contributed by atoms with Crippen LogP contribution in [-0.2, 0) is 10.8 Å². The molecule has 0 N–H and O–H groups in total. The molecule has 0 saturated carbocycles. The van der Waals surface area contributed by atoms with Crippen molar-refractivity contribution in [1.29, 1.82) is 0 Å². The summed E-state index contributed by atoms with van der Waals surface area (Å²) in [5, 5.41) is 14.8. The summed E-state index contributed by atoms with van der Waals surface area (Å²) in [6, 6.07) is 68.3. The normalized spacial score (nSPS) is 14.4. The van der Waals surface area contributed by atoms with Gasteiger partial charge in [-0.15, -0.1) is 0 Å². The highest BCUT2D eigenvalue weighted by atomic mass is 15.4. The van der Waals surface area contributed by atoms with E-state index in [-0.39, 0.29) is 5.41 Å². The van der Waals surface area contributed by atoms with E-state index in [1.54, 1.807) is 0 Å². The Balaban J connectivity index is 1.02. The molecule has 14 aromatic rings. The molecular formula is C71H54N6. The van der Waals surface area contributed by atoms with Gasteiger partial charge in [0.05, 0.1) is 33.4 Å². The zero-order valence-electron chi connectivity index (χ0n) is 44.5. The second kappa shape index (κ2) is 15.3. The van der Waals surface area contributed by atoms with Gasteiger partial charge in [-0.1, -0.05) is 147 Å². The summed E-state index contributed by atoms with van der Waals surface area (Å²) < 4.78 is 4.52. The van der Waals surface area contributed by atoms with E-state index in [1.807, 2.05) is 0 Å². The van der Waals surface area contributed by atoms with E-state index < -0.39 is 5.41 Å². The average Bonchev–Trinajstić information content (AvgIpc) is 4.27. The van der Waals surface area contributed by atoms with Crippen molar-refractivity contribution in [2.24, 2.45) is 0 Å². The smallest absolute Gasteiger partial charge is 0.241 e. The monoisotopic (exact) mass is 990 g/mol. The first kappa shape index (κ1) is 44.2. The summed E-state index contributed by atoms with van der Waals surface area (Å²) in [6.45, 7) is 18.3. The van der Waals surface area contributed by atoms with Crippen molar-refractivity contribution in [2.75, 3.05) is 4.90 Å². The zero-order valence-corrected chi connectivity index (χ0v) is 44.5. The molecule has 0 radical (unpaired) electrons. The van der Waals surface area contributed by atoms with Gasteiger partial charge in [0.1, 0.15) is 0 Å². The molecule has 3 aromatic heterocycles. The molecule has 0 unspecified atom stereocenters. The second-order valence-electron chi connectivity index (χ2n) is 23.2. The van der Waals surface area contributed by atoms with Crippen molar-refractivity contribution in [3.05, 3.63) is 226 Å². The maximum atomic E-state index is 5.79. The van der Waals surface area contributed by atoms with Crippen LogP contribution in [0.25, 0.3) is 110 Å². The van der Waals surface area contributed by atoms with E-state index in [0.29, 0.717) is 17.8 Å². The molecule has 6 heteroatoms. The lowest BCUT2D eigenvalue weighted by atomic mass is 9.71. The number of rotatable bonds is 3. The van der Waals surface area contributed by atoms with Crippen LogP contribution in [0.2, 0.25) is 0 Å².